The lowest BCUT2D eigenvalue weighted by Gasteiger charge is -2.21. The molecule has 0 aliphatic carbocycles. The van der Waals surface area contributed by atoms with E-state index >= 15 is 0 Å². The van der Waals surface area contributed by atoms with Gasteiger partial charge in [-0.15, -0.1) is 0 Å². The second kappa shape index (κ2) is 60.0. The van der Waals surface area contributed by atoms with Crippen LogP contribution in [0.1, 0.15) is 344 Å². The summed E-state index contributed by atoms with van der Waals surface area (Å²) in [5, 5.41) is 10.6. The van der Waals surface area contributed by atoms with Gasteiger partial charge < -0.3 is 33.8 Å². The van der Waals surface area contributed by atoms with E-state index < -0.39 is 97.5 Å². The Labute approximate surface area is 537 Å². The van der Waals surface area contributed by atoms with Crippen molar-refractivity contribution >= 4 is 39.5 Å². The normalized spacial score (nSPS) is 14.5. The molecule has 17 nitrogen and oxygen atoms in total. The molecule has 0 amide bonds. The fraction of sp³-hybridized carbons (Fsp3) is 0.942. The van der Waals surface area contributed by atoms with Crippen LogP contribution in [0.4, 0.5) is 0 Å². The Balaban J connectivity index is 5.23. The zero-order valence-electron chi connectivity index (χ0n) is 57.2. The summed E-state index contributed by atoms with van der Waals surface area (Å²) in [4.78, 5) is 72.4. The largest absolute Gasteiger partial charge is 0.472 e. The first-order chi connectivity index (χ1) is 42.3. The topological polar surface area (TPSA) is 237 Å². The number of aliphatic hydroxyl groups is 1. The zero-order valence-corrected chi connectivity index (χ0v) is 59.0. The van der Waals surface area contributed by atoms with Gasteiger partial charge in [0.2, 0.25) is 0 Å². The molecule has 0 aromatic rings. The van der Waals surface area contributed by atoms with Crippen LogP contribution in [0.5, 0.6) is 0 Å². The number of hydrogen-bond donors (Lipinski definition) is 3. The zero-order chi connectivity index (χ0) is 65.2. The number of carbonyl (C=O) groups is 4. The molecule has 0 fully saturated rings. The quantitative estimate of drug-likeness (QED) is 0.0222. The molecular formula is C69H134O17P2. The molecule has 0 saturated heterocycles. The highest BCUT2D eigenvalue weighted by Crippen LogP contribution is 2.45. The van der Waals surface area contributed by atoms with Crippen molar-refractivity contribution in [3.63, 3.8) is 0 Å². The monoisotopic (exact) mass is 1300 g/mol. The molecule has 6 atom stereocenters. The van der Waals surface area contributed by atoms with Crippen molar-refractivity contribution in [3.05, 3.63) is 0 Å². The number of hydrogen-bond acceptors (Lipinski definition) is 15. The van der Waals surface area contributed by atoms with Crippen molar-refractivity contribution in [1.82, 2.24) is 0 Å². The van der Waals surface area contributed by atoms with E-state index in [2.05, 4.69) is 48.5 Å². The first-order valence-electron chi connectivity index (χ1n) is 35.9. The molecule has 19 heteroatoms. The van der Waals surface area contributed by atoms with Gasteiger partial charge in [0.1, 0.15) is 19.3 Å². The van der Waals surface area contributed by atoms with E-state index in [9.17, 15) is 43.2 Å². The van der Waals surface area contributed by atoms with Gasteiger partial charge in [0, 0.05) is 25.7 Å². The van der Waals surface area contributed by atoms with E-state index in [1.54, 1.807) is 0 Å². The fourth-order valence-electron chi connectivity index (χ4n) is 10.3. The van der Waals surface area contributed by atoms with Crippen molar-refractivity contribution in [2.24, 2.45) is 17.8 Å². The highest BCUT2D eigenvalue weighted by atomic mass is 31.2. The second-order valence-electron chi connectivity index (χ2n) is 26.1. The van der Waals surface area contributed by atoms with E-state index in [0.717, 1.165) is 108 Å². The van der Waals surface area contributed by atoms with Crippen LogP contribution >= 0.6 is 15.6 Å². The Bertz CT molecular complexity index is 1730. The van der Waals surface area contributed by atoms with Crippen LogP contribution in [0.15, 0.2) is 0 Å². The van der Waals surface area contributed by atoms with Gasteiger partial charge in [-0.3, -0.25) is 37.3 Å². The van der Waals surface area contributed by atoms with Crippen molar-refractivity contribution in [2.45, 2.75) is 362 Å². The number of carbonyl (C=O) groups excluding carboxylic acids is 4. The number of phosphoric ester groups is 2. The van der Waals surface area contributed by atoms with Crippen LogP contribution in [0.2, 0.25) is 0 Å². The van der Waals surface area contributed by atoms with Crippen LogP contribution in [-0.2, 0) is 65.4 Å². The summed E-state index contributed by atoms with van der Waals surface area (Å²) in [5.41, 5.74) is 0. The molecule has 0 aromatic carbocycles. The number of ether oxygens (including phenoxy) is 4. The molecule has 0 spiro atoms. The van der Waals surface area contributed by atoms with Crippen molar-refractivity contribution in [3.8, 4) is 0 Å². The van der Waals surface area contributed by atoms with Crippen LogP contribution < -0.4 is 0 Å². The van der Waals surface area contributed by atoms with Crippen LogP contribution in [0, 0.1) is 17.8 Å². The summed E-state index contributed by atoms with van der Waals surface area (Å²) in [6.07, 6.45) is 43.1. The highest BCUT2D eigenvalue weighted by Gasteiger charge is 2.30. The van der Waals surface area contributed by atoms with Gasteiger partial charge in [-0.1, -0.05) is 292 Å². The molecule has 0 saturated carbocycles. The van der Waals surface area contributed by atoms with Gasteiger partial charge in [0.05, 0.1) is 26.4 Å². The van der Waals surface area contributed by atoms with E-state index in [1.807, 2.05) is 0 Å². The summed E-state index contributed by atoms with van der Waals surface area (Å²) in [7, 11) is -9.90. The summed E-state index contributed by atoms with van der Waals surface area (Å²) < 4.78 is 68.2. The smallest absolute Gasteiger partial charge is 0.462 e. The second-order valence-corrected chi connectivity index (χ2v) is 29.0. The first kappa shape index (κ1) is 86.1. The lowest BCUT2D eigenvalue weighted by molar-refractivity contribution is -0.161. The number of aliphatic hydroxyl groups excluding tert-OH is 1. The Morgan fingerprint density at radius 3 is 0.864 bits per heavy atom. The Morgan fingerprint density at radius 1 is 0.330 bits per heavy atom. The number of esters is 4. The molecule has 0 aliphatic rings. The van der Waals surface area contributed by atoms with Gasteiger partial charge in [0.15, 0.2) is 12.2 Å². The SMILES string of the molecule is CCCCCCCCCCCC(=O)OC[C@H](COP(=O)(O)OC[C@H](O)COP(=O)(O)OC[C@@H](COC(=O)CCCCCCCCCCCC(C)C)OC(=O)CCCCCCCCCCCCCCCCC(C)C)OC(=O)CCCCCCCCC(C)CC. The average Bonchev–Trinajstić information content (AvgIpc) is 3.63. The molecular weight excluding hydrogens is 1160 g/mol. The third kappa shape index (κ3) is 61.6. The Kier molecular flexibility index (Phi) is 58.7. The number of unbranched alkanes of at least 4 members (excludes halogenated alkanes) is 34. The van der Waals surface area contributed by atoms with E-state index in [4.69, 9.17) is 37.0 Å². The maximum Gasteiger partial charge on any atom is 0.472 e. The summed E-state index contributed by atoms with van der Waals surface area (Å²) >= 11 is 0. The van der Waals surface area contributed by atoms with Gasteiger partial charge in [-0.05, 0) is 43.4 Å². The minimum absolute atomic E-state index is 0.103. The molecule has 0 heterocycles. The molecule has 0 rings (SSSR count). The lowest BCUT2D eigenvalue weighted by atomic mass is 10.00. The predicted octanol–water partition coefficient (Wildman–Crippen LogP) is 19.5. The number of rotatable bonds is 67. The summed E-state index contributed by atoms with van der Waals surface area (Å²) in [6.45, 7) is 11.8. The van der Waals surface area contributed by atoms with Gasteiger partial charge in [-0.25, -0.2) is 9.13 Å². The van der Waals surface area contributed by atoms with Gasteiger partial charge in [-0.2, -0.15) is 0 Å². The lowest BCUT2D eigenvalue weighted by Crippen LogP contribution is -2.30. The minimum Gasteiger partial charge on any atom is -0.462 e. The van der Waals surface area contributed by atoms with Crippen molar-refractivity contribution < 1.29 is 80.2 Å². The molecule has 3 N–H and O–H groups in total. The maximum atomic E-state index is 13.0. The summed E-state index contributed by atoms with van der Waals surface area (Å²) in [5.74, 6) is 0.128. The molecule has 3 unspecified atom stereocenters. The van der Waals surface area contributed by atoms with Gasteiger partial charge in [0.25, 0.3) is 0 Å². The molecule has 0 aromatic heterocycles. The molecule has 0 bridgehead atoms. The average molecular weight is 1300 g/mol. The summed E-state index contributed by atoms with van der Waals surface area (Å²) in [6, 6.07) is 0. The van der Waals surface area contributed by atoms with Crippen LogP contribution in [0.25, 0.3) is 0 Å². The highest BCUT2D eigenvalue weighted by molar-refractivity contribution is 7.47. The molecule has 522 valence electrons. The predicted molar refractivity (Wildman–Crippen MR) is 354 cm³/mol. The Morgan fingerprint density at radius 2 is 0.580 bits per heavy atom. The number of phosphoric acid groups is 2. The third-order valence-corrected chi connectivity index (χ3v) is 18.1. The van der Waals surface area contributed by atoms with E-state index in [1.165, 1.54) is 154 Å². The molecule has 0 aliphatic heterocycles. The van der Waals surface area contributed by atoms with Crippen LogP contribution in [-0.4, -0.2) is 96.7 Å². The standard InChI is InChI=1S/C69H134O17P2/c1-8-10-11-12-13-21-28-36-43-50-66(71)79-57-65(86-69(74)53-46-39-32-31-35-42-49-62(7)9-2)59-84-88(77,78)82-55-63(70)54-81-87(75,76)83-58-64(56-80-67(72)51-44-37-29-25-20-23-27-34-41-48-61(5)6)85-68(73)52-45-38-30-24-19-17-15-14-16-18-22-26-33-40-47-60(3)4/h60-65,70H,8-59H2,1-7H3,(H,75,76)(H,77,78)/t62?,63-,64-,65-/m1/s1. The van der Waals surface area contributed by atoms with Crippen LogP contribution in [0.3, 0.4) is 0 Å². The van der Waals surface area contributed by atoms with Crippen molar-refractivity contribution in [2.75, 3.05) is 39.6 Å². The molecule has 88 heavy (non-hydrogen) atoms. The molecule has 0 radical (unpaired) electrons. The first-order valence-corrected chi connectivity index (χ1v) is 38.9. The van der Waals surface area contributed by atoms with E-state index in [0.29, 0.717) is 25.7 Å². The maximum absolute atomic E-state index is 13.0. The fourth-order valence-corrected chi connectivity index (χ4v) is 11.9. The van der Waals surface area contributed by atoms with E-state index in [-0.39, 0.29) is 25.7 Å². The Hall–Kier alpha value is -1.94. The van der Waals surface area contributed by atoms with Gasteiger partial charge >= 0.3 is 39.5 Å². The third-order valence-electron chi connectivity index (χ3n) is 16.2. The minimum atomic E-state index is -4.95. The van der Waals surface area contributed by atoms with Crippen molar-refractivity contribution in [1.29, 1.82) is 0 Å².